The van der Waals surface area contributed by atoms with Crippen molar-refractivity contribution in [1.29, 1.82) is 0 Å². The number of rotatable bonds is 4. The third-order valence-electron chi connectivity index (χ3n) is 2.73. The van der Waals surface area contributed by atoms with Gasteiger partial charge in [-0.15, -0.1) is 0 Å². The van der Waals surface area contributed by atoms with Gasteiger partial charge in [0.2, 0.25) is 0 Å². The summed E-state index contributed by atoms with van der Waals surface area (Å²) in [6, 6.07) is 3.02. The van der Waals surface area contributed by atoms with Crippen LogP contribution in [0.1, 0.15) is 35.7 Å². The van der Waals surface area contributed by atoms with Crippen molar-refractivity contribution in [3.05, 3.63) is 41.2 Å². The number of aryl methyl sites for hydroxylation is 1. The van der Waals surface area contributed by atoms with Crippen LogP contribution in [0.4, 0.5) is 0 Å². The molecule has 100 valence electrons. The average Bonchev–Trinajstić information content (AvgIpc) is 2.83. The van der Waals surface area contributed by atoms with Crippen LogP contribution in [0, 0.1) is 0 Å². The third-order valence-corrected chi connectivity index (χ3v) is 2.96. The van der Waals surface area contributed by atoms with E-state index >= 15 is 0 Å². The number of halogens is 1. The number of hydrogen-bond acceptors (Lipinski definition) is 4. The van der Waals surface area contributed by atoms with E-state index in [1.165, 1.54) is 12.5 Å². The summed E-state index contributed by atoms with van der Waals surface area (Å²) in [5.74, 6) is 0.455. The largest absolute Gasteiger partial charge is 0.341 e. The molecule has 2 aromatic heterocycles. The van der Waals surface area contributed by atoms with Crippen LogP contribution in [-0.2, 0) is 7.05 Å². The second-order valence-electron chi connectivity index (χ2n) is 4.04. The fraction of sp³-hybridized carbons (Fsp3) is 0.333. The number of aromatic nitrogens is 4. The summed E-state index contributed by atoms with van der Waals surface area (Å²) in [5, 5.41) is 7.37. The predicted molar refractivity (Wildman–Crippen MR) is 70.7 cm³/mol. The van der Waals surface area contributed by atoms with Gasteiger partial charge in [-0.3, -0.25) is 9.48 Å². The van der Waals surface area contributed by atoms with Crippen LogP contribution in [0.25, 0.3) is 0 Å². The minimum absolute atomic E-state index is 0.197. The van der Waals surface area contributed by atoms with E-state index in [9.17, 15) is 4.79 Å². The highest BCUT2D eigenvalue weighted by atomic mass is 35.5. The van der Waals surface area contributed by atoms with Gasteiger partial charge in [0.15, 0.2) is 0 Å². The van der Waals surface area contributed by atoms with Crippen molar-refractivity contribution in [2.24, 2.45) is 7.05 Å². The molecule has 0 radical (unpaired) electrons. The van der Waals surface area contributed by atoms with Crippen LogP contribution in [-0.4, -0.2) is 25.7 Å². The van der Waals surface area contributed by atoms with Gasteiger partial charge in [0, 0.05) is 13.2 Å². The lowest BCUT2D eigenvalue weighted by atomic mass is 10.2. The summed E-state index contributed by atoms with van der Waals surface area (Å²) >= 11 is 5.74. The van der Waals surface area contributed by atoms with E-state index in [0.29, 0.717) is 23.0 Å². The number of amides is 1. The van der Waals surface area contributed by atoms with E-state index in [-0.39, 0.29) is 11.9 Å². The molecular formula is C12H14ClN5O. The van der Waals surface area contributed by atoms with Gasteiger partial charge in [-0.05, 0) is 18.6 Å². The Morgan fingerprint density at radius 3 is 2.79 bits per heavy atom. The first-order valence-electron chi connectivity index (χ1n) is 5.88. The van der Waals surface area contributed by atoms with E-state index < -0.39 is 0 Å². The molecule has 7 heteroatoms. The Hall–Kier alpha value is -1.95. The van der Waals surface area contributed by atoms with Gasteiger partial charge in [0.1, 0.15) is 17.8 Å². The summed E-state index contributed by atoms with van der Waals surface area (Å²) in [6.45, 7) is 1.97. The van der Waals surface area contributed by atoms with Crippen molar-refractivity contribution < 1.29 is 4.79 Å². The van der Waals surface area contributed by atoms with E-state index in [1.807, 2.05) is 6.92 Å². The fourth-order valence-corrected chi connectivity index (χ4v) is 1.82. The van der Waals surface area contributed by atoms with Crippen molar-refractivity contribution in [1.82, 2.24) is 25.1 Å². The Kier molecular flexibility index (Phi) is 4.11. The molecule has 0 bridgehead atoms. The molecule has 0 spiro atoms. The lowest BCUT2D eigenvalue weighted by Crippen LogP contribution is -2.30. The third kappa shape index (κ3) is 3.08. The molecule has 0 fully saturated rings. The first-order valence-corrected chi connectivity index (χ1v) is 6.26. The van der Waals surface area contributed by atoms with Crippen LogP contribution in [0.3, 0.4) is 0 Å². The summed E-state index contributed by atoms with van der Waals surface area (Å²) in [7, 11) is 1.79. The van der Waals surface area contributed by atoms with Gasteiger partial charge in [-0.25, -0.2) is 9.97 Å². The minimum atomic E-state index is -0.258. The van der Waals surface area contributed by atoms with Gasteiger partial charge in [0.25, 0.3) is 5.91 Å². The first kappa shape index (κ1) is 13.5. The van der Waals surface area contributed by atoms with Crippen molar-refractivity contribution in [2.45, 2.75) is 19.4 Å². The Labute approximate surface area is 115 Å². The molecule has 1 amide bonds. The second kappa shape index (κ2) is 5.79. The standard InChI is InChI=1S/C12H14ClN5O/c1-3-9(11-15-7-16-18(11)2)17-12(19)10-5-4-8(13)6-14-10/h4-7,9H,3H2,1-2H3,(H,17,19). The number of hydrogen-bond donors (Lipinski definition) is 1. The average molecular weight is 280 g/mol. The molecule has 2 heterocycles. The summed E-state index contributed by atoms with van der Waals surface area (Å²) in [5.41, 5.74) is 0.324. The van der Waals surface area contributed by atoms with E-state index in [1.54, 1.807) is 23.9 Å². The Morgan fingerprint density at radius 1 is 1.47 bits per heavy atom. The van der Waals surface area contributed by atoms with Crippen molar-refractivity contribution >= 4 is 17.5 Å². The second-order valence-corrected chi connectivity index (χ2v) is 4.47. The van der Waals surface area contributed by atoms with Crippen LogP contribution >= 0.6 is 11.6 Å². The highest BCUT2D eigenvalue weighted by Crippen LogP contribution is 2.14. The fourth-order valence-electron chi connectivity index (χ4n) is 1.71. The maximum Gasteiger partial charge on any atom is 0.270 e. The SMILES string of the molecule is CCC(NC(=O)c1ccc(Cl)cn1)c1ncnn1C. The zero-order valence-corrected chi connectivity index (χ0v) is 11.4. The van der Waals surface area contributed by atoms with E-state index in [0.717, 1.165) is 0 Å². The molecule has 0 aromatic carbocycles. The van der Waals surface area contributed by atoms with E-state index in [4.69, 9.17) is 11.6 Å². The zero-order valence-electron chi connectivity index (χ0n) is 10.7. The zero-order chi connectivity index (χ0) is 13.8. The molecular weight excluding hydrogens is 266 g/mol. The number of nitrogens with one attached hydrogen (secondary N) is 1. The van der Waals surface area contributed by atoms with Crippen LogP contribution < -0.4 is 5.32 Å². The van der Waals surface area contributed by atoms with Crippen molar-refractivity contribution in [3.63, 3.8) is 0 Å². The van der Waals surface area contributed by atoms with Gasteiger partial charge in [0.05, 0.1) is 11.1 Å². The maximum atomic E-state index is 12.1. The molecule has 1 unspecified atom stereocenters. The van der Waals surface area contributed by atoms with Crippen LogP contribution in [0.5, 0.6) is 0 Å². The van der Waals surface area contributed by atoms with Gasteiger partial charge in [-0.2, -0.15) is 5.10 Å². The lowest BCUT2D eigenvalue weighted by Gasteiger charge is -2.15. The Morgan fingerprint density at radius 2 is 2.26 bits per heavy atom. The highest BCUT2D eigenvalue weighted by molar-refractivity contribution is 6.30. The molecule has 2 aromatic rings. The molecule has 1 N–H and O–H groups in total. The quantitative estimate of drug-likeness (QED) is 0.925. The Balaban J connectivity index is 2.13. The molecule has 0 aliphatic carbocycles. The van der Waals surface area contributed by atoms with Gasteiger partial charge in [-0.1, -0.05) is 18.5 Å². The lowest BCUT2D eigenvalue weighted by molar-refractivity contribution is 0.0928. The normalized spacial score (nSPS) is 12.2. The number of pyridine rings is 1. The van der Waals surface area contributed by atoms with E-state index in [2.05, 4.69) is 20.4 Å². The molecule has 0 aliphatic rings. The molecule has 0 saturated heterocycles. The molecule has 6 nitrogen and oxygen atoms in total. The topological polar surface area (TPSA) is 72.7 Å². The molecule has 19 heavy (non-hydrogen) atoms. The number of carbonyl (C=O) groups is 1. The highest BCUT2D eigenvalue weighted by Gasteiger charge is 2.18. The molecule has 0 aliphatic heterocycles. The summed E-state index contributed by atoms with van der Waals surface area (Å²) in [4.78, 5) is 20.2. The smallest absolute Gasteiger partial charge is 0.270 e. The molecule has 1 atom stereocenters. The van der Waals surface area contributed by atoms with Crippen molar-refractivity contribution in [3.8, 4) is 0 Å². The maximum absolute atomic E-state index is 12.1. The van der Waals surface area contributed by atoms with Crippen molar-refractivity contribution in [2.75, 3.05) is 0 Å². The first-order chi connectivity index (χ1) is 9.11. The molecule has 2 rings (SSSR count). The summed E-state index contributed by atoms with van der Waals surface area (Å²) < 4.78 is 1.64. The van der Waals surface area contributed by atoms with Gasteiger partial charge < -0.3 is 5.32 Å². The summed E-state index contributed by atoms with van der Waals surface area (Å²) in [6.07, 6.45) is 3.62. The molecule has 0 saturated carbocycles. The minimum Gasteiger partial charge on any atom is -0.341 e. The van der Waals surface area contributed by atoms with Gasteiger partial charge >= 0.3 is 0 Å². The van der Waals surface area contributed by atoms with Crippen LogP contribution in [0.2, 0.25) is 5.02 Å². The Bertz CT molecular complexity index is 566. The number of carbonyl (C=O) groups excluding carboxylic acids is 1. The van der Waals surface area contributed by atoms with Crippen LogP contribution in [0.15, 0.2) is 24.7 Å². The number of nitrogens with zero attached hydrogens (tertiary/aromatic N) is 4. The monoisotopic (exact) mass is 279 g/mol. The predicted octanol–water partition coefficient (Wildman–Crippen LogP) is 1.74.